The Bertz CT molecular complexity index is 715. The van der Waals surface area contributed by atoms with Crippen molar-refractivity contribution in [2.75, 3.05) is 13.2 Å². The second-order valence-corrected chi connectivity index (χ2v) is 5.87. The van der Waals surface area contributed by atoms with Gasteiger partial charge in [-0.25, -0.2) is 4.68 Å². The van der Waals surface area contributed by atoms with Crippen LogP contribution >= 0.6 is 0 Å². The van der Waals surface area contributed by atoms with Crippen LogP contribution in [0.15, 0.2) is 23.1 Å². The van der Waals surface area contributed by atoms with Gasteiger partial charge in [0, 0.05) is 6.20 Å². The topological polar surface area (TPSA) is 36.2 Å². The maximum atomic E-state index is 12.7. The Morgan fingerprint density at radius 1 is 1.09 bits per heavy atom. The fourth-order valence-electron chi connectivity index (χ4n) is 3.28. The molecular formula is C18H24N2O2. The molecule has 0 aliphatic carbocycles. The largest absolute Gasteiger partial charge is 0.378 e. The van der Waals surface area contributed by atoms with Crippen LogP contribution in [0.1, 0.15) is 30.5 Å². The van der Waals surface area contributed by atoms with Crippen LogP contribution < -0.4 is 5.56 Å². The van der Waals surface area contributed by atoms with Crippen LogP contribution in [0, 0.1) is 6.92 Å². The van der Waals surface area contributed by atoms with E-state index in [1.165, 1.54) is 16.7 Å². The van der Waals surface area contributed by atoms with Gasteiger partial charge in [-0.1, -0.05) is 26.0 Å². The Kier molecular flexibility index (Phi) is 4.21. The minimum Gasteiger partial charge on any atom is -0.378 e. The van der Waals surface area contributed by atoms with Gasteiger partial charge in [-0.05, 0) is 42.0 Å². The number of aromatic nitrogens is 2. The number of fused-ring (bicyclic) bond motifs is 1. The molecule has 3 rings (SSSR count). The van der Waals surface area contributed by atoms with Crippen molar-refractivity contribution in [1.82, 2.24) is 9.36 Å². The first-order valence-corrected chi connectivity index (χ1v) is 8.16. The first kappa shape index (κ1) is 15.1. The van der Waals surface area contributed by atoms with Crippen molar-refractivity contribution < 1.29 is 4.74 Å². The lowest BCUT2D eigenvalue weighted by Gasteiger charge is -2.11. The summed E-state index contributed by atoms with van der Waals surface area (Å²) in [5, 5.41) is 0. The van der Waals surface area contributed by atoms with Crippen molar-refractivity contribution >= 4 is 0 Å². The Balaban J connectivity index is 2.14. The van der Waals surface area contributed by atoms with Gasteiger partial charge in [-0.2, -0.15) is 0 Å². The number of nitrogens with zero attached hydrogens (tertiary/aromatic N) is 2. The van der Waals surface area contributed by atoms with Crippen molar-refractivity contribution in [3.05, 3.63) is 45.4 Å². The SMILES string of the molecule is CCc1cc(-c2cn3n(c2=O)CCOCC3)cc(CC)c1C. The van der Waals surface area contributed by atoms with E-state index in [1.54, 1.807) is 4.68 Å². The van der Waals surface area contributed by atoms with Gasteiger partial charge in [0.1, 0.15) is 0 Å². The van der Waals surface area contributed by atoms with Crippen LogP contribution in [0.25, 0.3) is 11.1 Å². The lowest BCUT2D eigenvalue weighted by atomic mass is 9.94. The van der Waals surface area contributed by atoms with Crippen molar-refractivity contribution in [2.24, 2.45) is 0 Å². The third-order valence-electron chi connectivity index (χ3n) is 4.66. The molecule has 4 nitrogen and oxygen atoms in total. The van der Waals surface area contributed by atoms with Gasteiger partial charge in [0.2, 0.25) is 0 Å². The predicted octanol–water partition coefficient (Wildman–Crippen LogP) is 2.78. The molecule has 0 fully saturated rings. The summed E-state index contributed by atoms with van der Waals surface area (Å²) >= 11 is 0. The molecule has 118 valence electrons. The molecule has 4 heteroatoms. The monoisotopic (exact) mass is 300 g/mol. The van der Waals surface area contributed by atoms with Crippen molar-refractivity contribution in [1.29, 1.82) is 0 Å². The van der Waals surface area contributed by atoms with Crippen LogP contribution in [0.2, 0.25) is 0 Å². The van der Waals surface area contributed by atoms with Crippen LogP contribution in [0.4, 0.5) is 0 Å². The van der Waals surface area contributed by atoms with E-state index in [0.29, 0.717) is 19.8 Å². The second-order valence-electron chi connectivity index (χ2n) is 5.87. The molecule has 1 aromatic carbocycles. The standard InChI is InChI=1S/C18H24N2O2/c1-4-14-10-16(11-15(5-2)13(14)3)17-12-19-6-8-22-9-7-20(19)18(17)21/h10-12H,4-9H2,1-3H3. The molecule has 0 spiro atoms. The van der Waals surface area contributed by atoms with Crippen LogP contribution in [0.5, 0.6) is 0 Å². The van der Waals surface area contributed by atoms with Crippen LogP contribution in [-0.2, 0) is 30.7 Å². The highest BCUT2D eigenvalue weighted by molar-refractivity contribution is 5.65. The predicted molar refractivity (Wildman–Crippen MR) is 88.4 cm³/mol. The first-order valence-electron chi connectivity index (χ1n) is 8.16. The maximum absolute atomic E-state index is 12.7. The molecule has 0 unspecified atom stereocenters. The zero-order valence-corrected chi connectivity index (χ0v) is 13.7. The van der Waals surface area contributed by atoms with Gasteiger partial charge in [0.25, 0.3) is 5.56 Å². The molecular weight excluding hydrogens is 276 g/mol. The number of benzene rings is 1. The summed E-state index contributed by atoms with van der Waals surface area (Å²) in [4.78, 5) is 12.7. The molecule has 22 heavy (non-hydrogen) atoms. The number of aryl methyl sites for hydroxylation is 2. The zero-order chi connectivity index (χ0) is 15.7. The van der Waals surface area contributed by atoms with E-state index in [9.17, 15) is 4.79 Å². The molecule has 2 aromatic rings. The summed E-state index contributed by atoms with van der Waals surface area (Å²) in [6.45, 7) is 9.17. The second kappa shape index (κ2) is 6.13. The Morgan fingerprint density at radius 2 is 1.73 bits per heavy atom. The Morgan fingerprint density at radius 3 is 2.36 bits per heavy atom. The Labute approximate surface area is 131 Å². The van der Waals surface area contributed by atoms with E-state index in [1.807, 2.05) is 10.9 Å². The zero-order valence-electron chi connectivity index (χ0n) is 13.7. The van der Waals surface area contributed by atoms with Gasteiger partial charge in [-0.3, -0.25) is 9.48 Å². The number of rotatable bonds is 3. The van der Waals surface area contributed by atoms with Gasteiger partial charge in [-0.15, -0.1) is 0 Å². The van der Waals surface area contributed by atoms with E-state index in [-0.39, 0.29) is 5.56 Å². The fourth-order valence-corrected chi connectivity index (χ4v) is 3.28. The van der Waals surface area contributed by atoms with Gasteiger partial charge in [0.05, 0.1) is 31.9 Å². The molecule has 1 aliphatic heterocycles. The van der Waals surface area contributed by atoms with Crippen LogP contribution in [0.3, 0.4) is 0 Å². The molecule has 0 saturated carbocycles. The minimum absolute atomic E-state index is 0.0958. The van der Waals surface area contributed by atoms with E-state index < -0.39 is 0 Å². The summed E-state index contributed by atoms with van der Waals surface area (Å²) < 4.78 is 9.25. The maximum Gasteiger partial charge on any atom is 0.274 e. The summed E-state index contributed by atoms with van der Waals surface area (Å²) in [6.07, 6.45) is 3.98. The summed E-state index contributed by atoms with van der Waals surface area (Å²) in [7, 11) is 0. The number of ether oxygens (including phenoxy) is 1. The first-order chi connectivity index (χ1) is 10.7. The molecule has 2 heterocycles. The fraction of sp³-hybridized carbons (Fsp3) is 0.500. The lowest BCUT2D eigenvalue weighted by Crippen LogP contribution is -2.23. The average Bonchev–Trinajstić information content (AvgIpc) is 2.71. The summed E-state index contributed by atoms with van der Waals surface area (Å²) in [5.74, 6) is 0. The highest BCUT2D eigenvalue weighted by Crippen LogP contribution is 2.25. The third-order valence-corrected chi connectivity index (χ3v) is 4.66. The molecule has 1 aromatic heterocycles. The van der Waals surface area contributed by atoms with E-state index in [2.05, 4.69) is 32.9 Å². The smallest absolute Gasteiger partial charge is 0.274 e. The molecule has 0 N–H and O–H groups in total. The molecule has 0 saturated heterocycles. The van der Waals surface area contributed by atoms with Crippen molar-refractivity contribution in [3.63, 3.8) is 0 Å². The number of hydrogen-bond donors (Lipinski definition) is 0. The molecule has 0 bridgehead atoms. The lowest BCUT2D eigenvalue weighted by molar-refractivity contribution is 0.137. The summed E-state index contributed by atoms with van der Waals surface area (Å²) in [5.41, 5.74) is 6.00. The third kappa shape index (κ3) is 2.52. The highest BCUT2D eigenvalue weighted by atomic mass is 16.5. The van der Waals surface area contributed by atoms with E-state index in [0.717, 1.165) is 30.5 Å². The molecule has 0 amide bonds. The molecule has 0 radical (unpaired) electrons. The normalized spacial score (nSPS) is 14.7. The average molecular weight is 300 g/mol. The minimum atomic E-state index is 0.0958. The Hall–Kier alpha value is -1.81. The molecule has 1 aliphatic rings. The van der Waals surface area contributed by atoms with E-state index >= 15 is 0 Å². The molecule has 0 atom stereocenters. The van der Waals surface area contributed by atoms with Crippen LogP contribution in [-0.4, -0.2) is 22.6 Å². The van der Waals surface area contributed by atoms with Gasteiger partial charge >= 0.3 is 0 Å². The van der Waals surface area contributed by atoms with Gasteiger partial charge in [0.15, 0.2) is 0 Å². The van der Waals surface area contributed by atoms with Gasteiger partial charge < -0.3 is 4.74 Å². The van der Waals surface area contributed by atoms with E-state index in [4.69, 9.17) is 4.74 Å². The van der Waals surface area contributed by atoms with Crippen molar-refractivity contribution in [3.8, 4) is 11.1 Å². The number of hydrogen-bond acceptors (Lipinski definition) is 2. The summed E-state index contributed by atoms with van der Waals surface area (Å²) in [6, 6.07) is 4.37. The van der Waals surface area contributed by atoms with Crippen molar-refractivity contribution in [2.45, 2.75) is 46.7 Å². The highest BCUT2D eigenvalue weighted by Gasteiger charge is 2.16. The quantitative estimate of drug-likeness (QED) is 0.874.